The third-order valence-corrected chi connectivity index (χ3v) is 3.67. The van der Waals surface area contributed by atoms with Crippen molar-refractivity contribution in [1.82, 2.24) is 5.32 Å². The molecule has 0 spiro atoms. The molecule has 1 heterocycles. The second kappa shape index (κ2) is 5.53. The lowest BCUT2D eigenvalue weighted by Gasteiger charge is -2.27. The fraction of sp³-hybridized carbons (Fsp3) is 0.533. The second-order valence-electron chi connectivity index (χ2n) is 5.13. The first kappa shape index (κ1) is 13.1. The van der Waals surface area contributed by atoms with Crippen molar-refractivity contribution in [2.75, 3.05) is 25.0 Å². The summed E-state index contributed by atoms with van der Waals surface area (Å²) in [6, 6.07) is 4.15. The van der Waals surface area contributed by atoms with Gasteiger partial charge in [0.1, 0.15) is 0 Å². The number of carbonyl (C=O) groups is 1. The van der Waals surface area contributed by atoms with Gasteiger partial charge < -0.3 is 10.6 Å². The predicted octanol–water partition coefficient (Wildman–Crippen LogP) is 2.39. The highest BCUT2D eigenvalue weighted by atomic mass is 16.1. The fourth-order valence-electron chi connectivity index (χ4n) is 2.46. The Hall–Kier alpha value is -1.35. The number of rotatable bonds is 5. The lowest BCUT2D eigenvalue weighted by Crippen LogP contribution is -2.45. The molecule has 3 heteroatoms. The first-order valence-corrected chi connectivity index (χ1v) is 6.70. The second-order valence-corrected chi connectivity index (χ2v) is 5.13. The van der Waals surface area contributed by atoms with Gasteiger partial charge in [-0.05, 0) is 43.5 Å². The van der Waals surface area contributed by atoms with Crippen LogP contribution in [0.5, 0.6) is 0 Å². The molecule has 0 aromatic heterocycles. The fourth-order valence-corrected chi connectivity index (χ4v) is 2.46. The zero-order valence-corrected chi connectivity index (χ0v) is 11.5. The molecule has 2 N–H and O–H groups in total. The Balaban J connectivity index is 2.17. The van der Waals surface area contributed by atoms with Gasteiger partial charge in [-0.25, -0.2) is 0 Å². The summed E-state index contributed by atoms with van der Waals surface area (Å²) >= 11 is 0. The van der Waals surface area contributed by atoms with Crippen LogP contribution in [0.25, 0.3) is 0 Å². The van der Waals surface area contributed by atoms with Crippen LogP contribution in [0.1, 0.15) is 35.3 Å². The smallest absolute Gasteiger partial charge is 0.160 e. The number of hydrogen-bond acceptors (Lipinski definition) is 3. The summed E-state index contributed by atoms with van der Waals surface area (Å²) in [5, 5.41) is 6.70. The maximum Gasteiger partial charge on any atom is 0.160 e. The SMILES string of the molecule is CCc1c(C)cc(NCC2CNC2)cc1C(C)=O. The third-order valence-electron chi connectivity index (χ3n) is 3.67. The molecule has 0 radical (unpaired) electrons. The zero-order chi connectivity index (χ0) is 13.1. The highest BCUT2D eigenvalue weighted by molar-refractivity contribution is 5.97. The van der Waals surface area contributed by atoms with Gasteiger partial charge >= 0.3 is 0 Å². The minimum absolute atomic E-state index is 0.156. The number of carbonyl (C=O) groups excluding carboxylic acids is 1. The summed E-state index contributed by atoms with van der Waals surface area (Å²) in [5.74, 6) is 0.876. The van der Waals surface area contributed by atoms with E-state index >= 15 is 0 Å². The van der Waals surface area contributed by atoms with Gasteiger partial charge in [0.15, 0.2) is 5.78 Å². The number of hydrogen-bond donors (Lipinski definition) is 2. The van der Waals surface area contributed by atoms with Crippen molar-refractivity contribution in [2.45, 2.75) is 27.2 Å². The van der Waals surface area contributed by atoms with Gasteiger partial charge in [-0.3, -0.25) is 4.79 Å². The third kappa shape index (κ3) is 2.72. The van der Waals surface area contributed by atoms with Gasteiger partial charge in [-0.15, -0.1) is 0 Å². The van der Waals surface area contributed by atoms with Gasteiger partial charge in [0.05, 0.1) is 0 Å². The molecule has 1 aliphatic heterocycles. The molecule has 1 aliphatic rings. The molecule has 1 fully saturated rings. The molecule has 0 aliphatic carbocycles. The van der Waals surface area contributed by atoms with Gasteiger partial charge in [0.2, 0.25) is 0 Å². The van der Waals surface area contributed by atoms with E-state index in [-0.39, 0.29) is 5.78 Å². The number of ketones is 1. The van der Waals surface area contributed by atoms with Crippen molar-refractivity contribution in [1.29, 1.82) is 0 Å². The summed E-state index contributed by atoms with van der Waals surface area (Å²) in [6.07, 6.45) is 0.910. The molecule has 0 unspecified atom stereocenters. The Morgan fingerprint density at radius 1 is 1.44 bits per heavy atom. The summed E-state index contributed by atoms with van der Waals surface area (Å²) in [7, 11) is 0. The van der Waals surface area contributed by atoms with Crippen LogP contribution in [-0.4, -0.2) is 25.4 Å². The van der Waals surface area contributed by atoms with E-state index in [0.717, 1.165) is 43.2 Å². The van der Waals surface area contributed by atoms with Crippen LogP contribution >= 0.6 is 0 Å². The van der Waals surface area contributed by atoms with E-state index < -0.39 is 0 Å². The predicted molar refractivity (Wildman–Crippen MR) is 75.4 cm³/mol. The molecule has 0 atom stereocenters. The van der Waals surface area contributed by atoms with Crippen molar-refractivity contribution >= 4 is 11.5 Å². The quantitative estimate of drug-likeness (QED) is 0.784. The van der Waals surface area contributed by atoms with Crippen molar-refractivity contribution in [3.8, 4) is 0 Å². The van der Waals surface area contributed by atoms with E-state index in [1.807, 2.05) is 6.07 Å². The zero-order valence-electron chi connectivity index (χ0n) is 11.5. The standard InChI is InChI=1S/C15H22N2O/c1-4-14-10(2)5-13(6-15(14)11(3)18)17-9-12-7-16-8-12/h5-6,12,16-17H,4,7-9H2,1-3H3. The Morgan fingerprint density at radius 2 is 2.17 bits per heavy atom. The highest BCUT2D eigenvalue weighted by Crippen LogP contribution is 2.22. The van der Waals surface area contributed by atoms with E-state index in [4.69, 9.17) is 0 Å². The maximum absolute atomic E-state index is 11.7. The number of anilines is 1. The highest BCUT2D eigenvalue weighted by Gasteiger charge is 2.16. The number of benzene rings is 1. The molecular formula is C15H22N2O. The Bertz CT molecular complexity index is 450. The van der Waals surface area contributed by atoms with Crippen molar-refractivity contribution in [3.05, 3.63) is 28.8 Å². The van der Waals surface area contributed by atoms with E-state index in [9.17, 15) is 4.79 Å². The average Bonchev–Trinajstić information content (AvgIpc) is 2.26. The van der Waals surface area contributed by atoms with Crippen LogP contribution in [-0.2, 0) is 6.42 Å². The van der Waals surface area contributed by atoms with Gasteiger partial charge in [0.25, 0.3) is 0 Å². The largest absolute Gasteiger partial charge is 0.385 e. The monoisotopic (exact) mass is 246 g/mol. The van der Waals surface area contributed by atoms with Crippen molar-refractivity contribution < 1.29 is 4.79 Å². The van der Waals surface area contributed by atoms with E-state index in [0.29, 0.717) is 0 Å². The topological polar surface area (TPSA) is 41.1 Å². The van der Waals surface area contributed by atoms with Gasteiger partial charge in [-0.2, -0.15) is 0 Å². The molecule has 0 amide bonds. The molecule has 1 aromatic carbocycles. The van der Waals surface area contributed by atoms with Crippen LogP contribution in [0.3, 0.4) is 0 Å². The molecule has 2 rings (SSSR count). The molecule has 1 aromatic rings. The van der Waals surface area contributed by atoms with Gasteiger partial charge in [0, 0.05) is 36.8 Å². The maximum atomic E-state index is 11.7. The number of aryl methyl sites for hydroxylation is 1. The molecule has 3 nitrogen and oxygen atoms in total. The van der Waals surface area contributed by atoms with E-state index in [1.165, 1.54) is 11.1 Å². The van der Waals surface area contributed by atoms with Crippen LogP contribution in [0.15, 0.2) is 12.1 Å². The molecular weight excluding hydrogens is 224 g/mol. The molecule has 18 heavy (non-hydrogen) atoms. The lowest BCUT2D eigenvalue weighted by atomic mass is 9.96. The normalized spacial score (nSPS) is 15.3. The number of nitrogens with one attached hydrogen (secondary N) is 2. The molecule has 1 saturated heterocycles. The van der Waals surface area contributed by atoms with Crippen molar-refractivity contribution in [3.63, 3.8) is 0 Å². The Kier molecular flexibility index (Phi) is 4.02. The van der Waals surface area contributed by atoms with Crippen LogP contribution < -0.4 is 10.6 Å². The molecule has 98 valence electrons. The molecule has 0 bridgehead atoms. The minimum Gasteiger partial charge on any atom is -0.385 e. The van der Waals surface area contributed by atoms with Crippen molar-refractivity contribution in [2.24, 2.45) is 5.92 Å². The van der Waals surface area contributed by atoms with Gasteiger partial charge in [-0.1, -0.05) is 6.92 Å². The summed E-state index contributed by atoms with van der Waals surface area (Å²) in [4.78, 5) is 11.7. The van der Waals surface area contributed by atoms with E-state index in [2.05, 4.69) is 30.5 Å². The molecule has 0 saturated carbocycles. The van der Waals surface area contributed by atoms with Crippen LogP contribution in [0.4, 0.5) is 5.69 Å². The van der Waals surface area contributed by atoms with Crippen LogP contribution in [0, 0.1) is 12.8 Å². The Morgan fingerprint density at radius 3 is 2.67 bits per heavy atom. The lowest BCUT2D eigenvalue weighted by molar-refractivity contribution is 0.101. The summed E-state index contributed by atoms with van der Waals surface area (Å²) < 4.78 is 0. The van der Waals surface area contributed by atoms with Crippen LogP contribution in [0.2, 0.25) is 0 Å². The first-order valence-electron chi connectivity index (χ1n) is 6.70. The van der Waals surface area contributed by atoms with E-state index in [1.54, 1.807) is 6.92 Å². The average molecular weight is 246 g/mol. The minimum atomic E-state index is 0.156. The summed E-state index contributed by atoms with van der Waals surface area (Å²) in [6.45, 7) is 9.00. The summed E-state index contributed by atoms with van der Waals surface area (Å²) in [5.41, 5.74) is 4.33. The first-order chi connectivity index (χ1) is 8.61. The Labute approximate surface area is 109 Å². The number of Topliss-reactive ketones (excluding diaryl/α,β-unsaturated/α-hetero) is 1.